The molecule has 0 spiro atoms. The van der Waals surface area contributed by atoms with Crippen LogP contribution >= 0.6 is 11.3 Å². The van der Waals surface area contributed by atoms with Crippen LogP contribution in [0, 0.1) is 0 Å². The third kappa shape index (κ3) is 2.27. The lowest BCUT2D eigenvalue weighted by molar-refractivity contribution is 0.0531. The van der Waals surface area contributed by atoms with Crippen molar-refractivity contribution in [3.63, 3.8) is 0 Å². The van der Waals surface area contributed by atoms with Gasteiger partial charge in [0.2, 0.25) is 0 Å². The van der Waals surface area contributed by atoms with Crippen molar-refractivity contribution in [1.82, 2.24) is 4.98 Å². The van der Waals surface area contributed by atoms with E-state index in [0.717, 1.165) is 38.2 Å². The molecule has 13 heavy (non-hydrogen) atoms. The zero-order valence-electron chi connectivity index (χ0n) is 7.53. The molecule has 0 aliphatic carbocycles. The summed E-state index contributed by atoms with van der Waals surface area (Å²) in [6.45, 7) is 1.58. The molecule has 0 saturated carbocycles. The van der Waals surface area contributed by atoms with Crippen LogP contribution in [-0.2, 0) is 11.2 Å². The number of hydrogen-bond donors (Lipinski definition) is 1. The highest BCUT2D eigenvalue weighted by Crippen LogP contribution is 2.22. The summed E-state index contributed by atoms with van der Waals surface area (Å²) < 4.78 is 5.29. The van der Waals surface area contributed by atoms with E-state index in [4.69, 9.17) is 10.5 Å². The molecule has 1 aromatic rings. The third-order valence-corrected chi connectivity index (χ3v) is 3.14. The summed E-state index contributed by atoms with van der Waals surface area (Å²) in [5.41, 5.74) is 9.14. The lowest BCUT2D eigenvalue weighted by atomic mass is 9.87. The fourth-order valence-corrected chi connectivity index (χ4v) is 2.20. The van der Waals surface area contributed by atoms with Crippen molar-refractivity contribution < 1.29 is 4.74 Å². The quantitative estimate of drug-likeness (QED) is 0.776. The third-order valence-electron chi connectivity index (χ3n) is 2.51. The Hall–Kier alpha value is -0.450. The molecule has 0 unspecified atom stereocenters. The van der Waals surface area contributed by atoms with E-state index in [1.165, 1.54) is 0 Å². The number of nitrogens with two attached hydrogens (primary N) is 1. The van der Waals surface area contributed by atoms with E-state index in [1.54, 1.807) is 11.3 Å². The van der Waals surface area contributed by atoms with Gasteiger partial charge in [-0.1, -0.05) is 0 Å². The Kier molecular flexibility index (Phi) is 2.62. The van der Waals surface area contributed by atoms with Gasteiger partial charge in [0.05, 0.1) is 11.2 Å². The molecular weight excluding hydrogens is 184 g/mol. The average molecular weight is 198 g/mol. The normalized spacial score (nSPS) is 21.6. The molecule has 1 saturated heterocycles. The van der Waals surface area contributed by atoms with E-state index < -0.39 is 0 Å². The van der Waals surface area contributed by atoms with E-state index in [9.17, 15) is 0 Å². The van der Waals surface area contributed by atoms with Gasteiger partial charge < -0.3 is 10.5 Å². The molecule has 2 N–H and O–H groups in total. The fourth-order valence-electron chi connectivity index (χ4n) is 1.64. The zero-order chi connectivity index (χ0) is 9.15. The van der Waals surface area contributed by atoms with Crippen LogP contribution < -0.4 is 5.73 Å². The van der Waals surface area contributed by atoms with E-state index in [-0.39, 0.29) is 5.54 Å². The number of nitrogens with zero attached hydrogens (tertiary/aromatic N) is 1. The predicted octanol–water partition coefficient (Wildman–Crippen LogP) is 1.19. The van der Waals surface area contributed by atoms with Crippen LogP contribution in [-0.4, -0.2) is 23.7 Å². The van der Waals surface area contributed by atoms with Crippen molar-refractivity contribution in [1.29, 1.82) is 0 Å². The molecule has 4 heteroatoms. The largest absolute Gasteiger partial charge is 0.381 e. The van der Waals surface area contributed by atoms with Crippen molar-refractivity contribution in [3.8, 4) is 0 Å². The summed E-state index contributed by atoms with van der Waals surface area (Å²) in [5, 5.41) is 2.07. The van der Waals surface area contributed by atoms with Gasteiger partial charge in [-0.2, -0.15) is 0 Å². The summed E-state index contributed by atoms with van der Waals surface area (Å²) in [6.07, 6.45) is 2.79. The van der Waals surface area contributed by atoms with Gasteiger partial charge >= 0.3 is 0 Å². The molecule has 1 aliphatic heterocycles. The zero-order valence-corrected chi connectivity index (χ0v) is 8.35. The first-order valence-corrected chi connectivity index (χ1v) is 5.46. The first-order valence-electron chi connectivity index (χ1n) is 4.52. The van der Waals surface area contributed by atoms with E-state index >= 15 is 0 Å². The van der Waals surface area contributed by atoms with Crippen LogP contribution in [0.15, 0.2) is 10.9 Å². The SMILES string of the molecule is NC1(Cc2cscn2)CCOCC1. The molecule has 2 rings (SSSR count). The summed E-state index contributed by atoms with van der Waals surface area (Å²) in [6, 6.07) is 0. The van der Waals surface area contributed by atoms with Crippen molar-refractivity contribution in [2.75, 3.05) is 13.2 Å². The topological polar surface area (TPSA) is 48.1 Å². The molecule has 72 valence electrons. The van der Waals surface area contributed by atoms with Gasteiger partial charge in [0.15, 0.2) is 0 Å². The van der Waals surface area contributed by atoms with Crippen molar-refractivity contribution in [3.05, 3.63) is 16.6 Å². The highest BCUT2D eigenvalue weighted by atomic mass is 32.1. The number of rotatable bonds is 2. The molecular formula is C9H14N2OS. The van der Waals surface area contributed by atoms with Crippen LogP contribution in [0.3, 0.4) is 0 Å². The van der Waals surface area contributed by atoms with Gasteiger partial charge in [-0.3, -0.25) is 0 Å². The Morgan fingerprint density at radius 2 is 2.31 bits per heavy atom. The molecule has 0 radical (unpaired) electrons. The van der Waals surface area contributed by atoms with Crippen molar-refractivity contribution in [2.45, 2.75) is 24.8 Å². The maximum atomic E-state index is 6.23. The molecule has 0 bridgehead atoms. The van der Waals surface area contributed by atoms with Gasteiger partial charge in [-0.15, -0.1) is 11.3 Å². The Labute approximate surface area is 81.9 Å². The van der Waals surface area contributed by atoms with Gasteiger partial charge in [-0.05, 0) is 12.8 Å². The first-order chi connectivity index (χ1) is 6.29. The van der Waals surface area contributed by atoms with Crippen molar-refractivity contribution in [2.24, 2.45) is 5.73 Å². The van der Waals surface area contributed by atoms with Gasteiger partial charge in [0.25, 0.3) is 0 Å². The second kappa shape index (κ2) is 3.74. The monoisotopic (exact) mass is 198 g/mol. The Balaban J connectivity index is 1.99. The lowest BCUT2D eigenvalue weighted by Crippen LogP contribution is -2.46. The number of thiazole rings is 1. The second-order valence-corrected chi connectivity index (χ2v) is 4.35. The molecule has 0 atom stereocenters. The van der Waals surface area contributed by atoms with E-state index in [0.29, 0.717) is 0 Å². The number of hydrogen-bond acceptors (Lipinski definition) is 4. The van der Waals surface area contributed by atoms with Gasteiger partial charge in [-0.25, -0.2) is 4.98 Å². The summed E-state index contributed by atoms with van der Waals surface area (Å²) in [5.74, 6) is 0. The van der Waals surface area contributed by atoms with E-state index in [1.807, 2.05) is 5.51 Å². The minimum atomic E-state index is -0.0771. The maximum Gasteiger partial charge on any atom is 0.0794 e. The van der Waals surface area contributed by atoms with Gasteiger partial charge in [0, 0.05) is 30.6 Å². The number of ether oxygens (including phenoxy) is 1. The number of aromatic nitrogens is 1. The molecule has 1 aliphatic rings. The standard InChI is InChI=1S/C9H14N2OS/c10-9(1-3-12-4-2-9)5-8-6-13-7-11-8/h6-7H,1-5,10H2. The molecule has 3 nitrogen and oxygen atoms in total. The highest BCUT2D eigenvalue weighted by molar-refractivity contribution is 7.07. The van der Waals surface area contributed by atoms with Crippen LogP contribution in [0.25, 0.3) is 0 Å². The molecule has 1 aromatic heterocycles. The van der Waals surface area contributed by atoms with Crippen LogP contribution in [0.4, 0.5) is 0 Å². The Morgan fingerprint density at radius 3 is 2.92 bits per heavy atom. The average Bonchev–Trinajstić information content (AvgIpc) is 2.57. The molecule has 1 fully saturated rings. The smallest absolute Gasteiger partial charge is 0.0794 e. The van der Waals surface area contributed by atoms with Crippen LogP contribution in [0.1, 0.15) is 18.5 Å². The molecule has 2 heterocycles. The first kappa shape index (κ1) is 9.12. The van der Waals surface area contributed by atoms with Gasteiger partial charge in [0.1, 0.15) is 0 Å². The predicted molar refractivity (Wildman–Crippen MR) is 52.8 cm³/mol. The maximum absolute atomic E-state index is 6.23. The Morgan fingerprint density at radius 1 is 1.54 bits per heavy atom. The van der Waals surface area contributed by atoms with E-state index in [2.05, 4.69) is 10.4 Å². The van der Waals surface area contributed by atoms with Crippen LogP contribution in [0.2, 0.25) is 0 Å². The Bertz CT molecular complexity index is 255. The van der Waals surface area contributed by atoms with Crippen LogP contribution in [0.5, 0.6) is 0 Å². The summed E-state index contributed by atoms with van der Waals surface area (Å²) >= 11 is 1.63. The van der Waals surface area contributed by atoms with Crippen molar-refractivity contribution >= 4 is 11.3 Å². The minimum Gasteiger partial charge on any atom is -0.381 e. The fraction of sp³-hybridized carbons (Fsp3) is 0.667. The lowest BCUT2D eigenvalue weighted by Gasteiger charge is -2.32. The minimum absolute atomic E-state index is 0.0771. The summed E-state index contributed by atoms with van der Waals surface area (Å²) in [4.78, 5) is 4.25. The molecule has 0 amide bonds. The second-order valence-electron chi connectivity index (χ2n) is 3.63. The highest BCUT2D eigenvalue weighted by Gasteiger charge is 2.28. The summed E-state index contributed by atoms with van der Waals surface area (Å²) in [7, 11) is 0. The molecule has 0 aromatic carbocycles.